The number of benzene rings is 2. The van der Waals surface area contributed by atoms with Gasteiger partial charge in [-0.2, -0.15) is 14.8 Å². The number of ether oxygens (including phenoxy) is 1. The van der Waals surface area contributed by atoms with Crippen LogP contribution in [0.2, 0.25) is 0 Å². The highest BCUT2D eigenvalue weighted by molar-refractivity contribution is 6.04. The van der Waals surface area contributed by atoms with Crippen LogP contribution in [0.25, 0.3) is 22.8 Å². The van der Waals surface area contributed by atoms with E-state index in [-0.39, 0.29) is 25.2 Å². The number of aliphatic hydroxyl groups excluding tert-OH is 1. The first-order valence-corrected chi connectivity index (χ1v) is 10.8. The van der Waals surface area contributed by atoms with E-state index in [1.165, 1.54) is 6.92 Å². The molecule has 0 saturated carbocycles. The van der Waals surface area contributed by atoms with Gasteiger partial charge in [0.2, 0.25) is 5.82 Å². The Kier molecular flexibility index (Phi) is 6.33. The molecule has 4 rings (SSSR count). The summed E-state index contributed by atoms with van der Waals surface area (Å²) in [5.41, 5.74) is 4.77. The van der Waals surface area contributed by atoms with E-state index in [9.17, 15) is 15.2 Å². The van der Waals surface area contributed by atoms with Gasteiger partial charge < -0.3 is 14.4 Å². The summed E-state index contributed by atoms with van der Waals surface area (Å²) in [7, 11) is 0. The molecule has 0 unspecified atom stereocenters. The normalized spacial score (nSPS) is 14.2. The fourth-order valence-corrected chi connectivity index (χ4v) is 4.13. The van der Waals surface area contributed by atoms with Gasteiger partial charge >= 0.3 is 5.91 Å². The monoisotopic (exact) mass is 445 g/mol. The lowest BCUT2D eigenvalue weighted by Gasteiger charge is -2.11. The second-order valence-corrected chi connectivity index (χ2v) is 8.09. The third-order valence-electron chi connectivity index (χ3n) is 5.50. The number of aromatic nitrogens is 2. The molecular weight excluding hydrogens is 420 g/mol. The minimum atomic E-state index is -0.0997. The van der Waals surface area contributed by atoms with E-state index in [1.54, 1.807) is 22.8 Å². The van der Waals surface area contributed by atoms with Crippen molar-refractivity contribution in [2.45, 2.75) is 39.7 Å². The molecular formula is C25H25N4O4+. The molecule has 1 heterocycles. The van der Waals surface area contributed by atoms with E-state index in [0.717, 1.165) is 28.8 Å². The fourth-order valence-electron chi connectivity index (χ4n) is 4.13. The Hall–Kier alpha value is -3.83. The SMILES string of the molecule is CC(=O)[N+](CCO)=C1CCc2c1cccc2-c1noc(-c2ccc(OC(C)C)c(C#N)c2)n1. The zero-order valence-electron chi connectivity index (χ0n) is 18.8. The highest BCUT2D eigenvalue weighted by atomic mass is 16.5. The molecule has 1 N–H and O–H groups in total. The molecule has 0 fully saturated rings. The molecule has 0 radical (unpaired) electrons. The first-order chi connectivity index (χ1) is 15.9. The van der Waals surface area contributed by atoms with Gasteiger partial charge in [-0.1, -0.05) is 17.3 Å². The molecule has 0 aliphatic heterocycles. The van der Waals surface area contributed by atoms with Gasteiger partial charge in [0.15, 0.2) is 12.3 Å². The molecule has 3 aromatic rings. The quantitative estimate of drug-likeness (QED) is 0.579. The maximum atomic E-state index is 12.1. The number of carbonyl (C=O) groups is 1. The van der Waals surface area contributed by atoms with Crippen molar-refractivity contribution in [3.8, 4) is 34.7 Å². The predicted octanol–water partition coefficient (Wildman–Crippen LogP) is 3.35. The first-order valence-electron chi connectivity index (χ1n) is 10.8. The van der Waals surface area contributed by atoms with E-state index < -0.39 is 0 Å². The number of amides is 1. The molecule has 8 nitrogen and oxygen atoms in total. The summed E-state index contributed by atoms with van der Waals surface area (Å²) in [6, 6.07) is 13.2. The largest absolute Gasteiger partial charge is 0.490 e. The standard InChI is InChI=1S/C25H25N4O4/c1-15(2)32-23-10-7-17(13-18(23)14-26)25-27-24(28-33-25)21-6-4-5-20-19(21)8-9-22(20)29(11-12-30)16(3)31/h4-7,10,13,15,30H,8-9,11-12H2,1-3H3/q+1. The van der Waals surface area contributed by atoms with Gasteiger partial charge in [0.1, 0.15) is 18.4 Å². The molecule has 168 valence electrons. The molecule has 0 saturated heterocycles. The number of fused-ring (bicyclic) bond motifs is 1. The van der Waals surface area contributed by atoms with Crippen molar-refractivity contribution in [2.75, 3.05) is 13.2 Å². The summed E-state index contributed by atoms with van der Waals surface area (Å²) in [6.07, 6.45) is 1.38. The summed E-state index contributed by atoms with van der Waals surface area (Å²) in [6.45, 7) is 5.47. The van der Waals surface area contributed by atoms with Crippen molar-refractivity contribution >= 4 is 11.6 Å². The number of aliphatic hydroxyl groups is 1. The molecule has 8 heteroatoms. The lowest BCUT2D eigenvalue weighted by Crippen LogP contribution is -2.28. The van der Waals surface area contributed by atoms with Gasteiger partial charge in [-0.3, -0.25) is 0 Å². The maximum Gasteiger partial charge on any atom is 0.384 e. The van der Waals surface area contributed by atoms with Crippen LogP contribution in [0.3, 0.4) is 0 Å². The number of hydrogen-bond donors (Lipinski definition) is 1. The lowest BCUT2D eigenvalue weighted by molar-refractivity contribution is -0.450. The minimum Gasteiger partial charge on any atom is -0.490 e. The molecule has 0 spiro atoms. The topological polar surface area (TPSA) is 112 Å². The van der Waals surface area contributed by atoms with Crippen LogP contribution >= 0.6 is 0 Å². The number of nitriles is 1. The zero-order chi connectivity index (χ0) is 23.5. The molecule has 1 aromatic heterocycles. The highest BCUT2D eigenvalue weighted by Gasteiger charge is 2.31. The highest BCUT2D eigenvalue weighted by Crippen LogP contribution is 2.33. The lowest BCUT2D eigenvalue weighted by atomic mass is 10.0. The van der Waals surface area contributed by atoms with Crippen molar-refractivity contribution in [3.63, 3.8) is 0 Å². The van der Waals surface area contributed by atoms with E-state index in [1.807, 2.05) is 32.0 Å². The Labute approximate surface area is 191 Å². The van der Waals surface area contributed by atoms with Crippen molar-refractivity contribution in [1.82, 2.24) is 10.1 Å². The van der Waals surface area contributed by atoms with Crippen LogP contribution in [-0.2, 0) is 11.2 Å². The maximum absolute atomic E-state index is 12.1. The average molecular weight is 445 g/mol. The van der Waals surface area contributed by atoms with Crippen LogP contribution < -0.4 is 4.74 Å². The number of rotatable bonds is 6. The molecule has 1 aliphatic carbocycles. The third kappa shape index (κ3) is 4.41. The van der Waals surface area contributed by atoms with Crippen molar-refractivity contribution in [1.29, 1.82) is 5.26 Å². The summed E-state index contributed by atoms with van der Waals surface area (Å²) in [5, 5.41) is 23.0. The Morgan fingerprint density at radius 2 is 2.06 bits per heavy atom. The van der Waals surface area contributed by atoms with Gasteiger partial charge in [0.25, 0.3) is 5.89 Å². The molecule has 1 aliphatic rings. The predicted molar refractivity (Wildman–Crippen MR) is 121 cm³/mol. The van der Waals surface area contributed by atoms with E-state index in [4.69, 9.17) is 9.26 Å². The van der Waals surface area contributed by atoms with Crippen LogP contribution in [0.4, 0.5) is 0 Å². The van der Waals surface area contributed by atoms with Crippen molar-refractivity contribution in [2.24, 2.45) is 0 Å². The summed E-state index contributed by atoms with van der Waals surface area (Å²) >= 11 is 0. The first kappa shape index (κ1) is 22.4. The van der Waals surface area contributed by atoms with Crippen LogP contribution in [0.5, 0.6) is 5.75 Å². The van der Waals surface area contributed by atoms with E-state index in [2.05, 4.69) is 16.2 Å². The summed E-state index contributed by atoms with van der Waals surface area (Å²) in [4.78, 5) is 16.7. The van der Waals surface area contributed by atoms with Crippen LogP contribution in [0.15, 0.2) is 40.9 Å². The van der Waals surface area contributed by atoms with Crippen molar-refractivity contribution < 1.29 is 23.7 Å². The second kappa shape index (κ2) is 9.35. The zero-order valence-corrected chi connectivity index (χ0v) is 18.8. The average Bonchev–Trinajstić information content (AvgIpc) is 3.45. The Bertz CT molecular complexity index is 1280. The Balaban J connectivity index is 1.71. The number of hydrogen-bond acceptors (Lipinski definition) is 7. The van der Waals surface area contributed by atoms with Crippen LogP contribution in [0.1, 0.15) is 43.9 Å². The van der Waals surface area contributed by atoms with Gasteiger partial charge in [-0.25, -0.2) is 4.79 Å². The smallest absolute Gasteiger partial charge is 0.384 e. The Morgan fingerprint density at radius 3 is 2.76 bits per heavy atom. The molecule has 0 atom stereocenters. The molecule has 33 heavy (non-hydrogen) atoms. The number of nitrogens with zero attached hydrogens (tertiary/aromatic N) is 4. The number of carbonyl (C=O) groups excluding carboxylic acids is 1. The van der Waals surface area contributed by atoms with Gasteiger partial charge in [-0.05, 0) is 50.1 Å². The molecule has 1 amide bonds. The summed E-state index contributed by atoms with van der Waals surface area (Å²) < 4.78 is 12.8. The minimum absolute atomic E-state index is 0.0452. The third-order valence-corrected chi connectivity index (χ3v) is 5.50. The summed E-state index contributed by atoms with van der Waals surface area (Å²) in [5.74, 6) is 1.17. The van der Waals surface area contributed by atoms with E-state index in [0.29, 0.717) is 35.0 Å². The van der Waals surface area contributed by atoms with Crippen molar-refractivity contribution in [3.05, 3.63) is 53.1 Å². The molecule has 2 aromatic carbocycles. The van der Waals surface area contributed by atoms with Gasteiger partial charge in [0.05, 0.1) is 18.6 Å². The van der Waals surface area contributed by atoms with Gasteiger partial charge in [0, 0.05) is 23.1 Å². The molecule has 0 bridgehead atoms. The van der Waals surface area contributed by atoms with E-state index >= 15 is 0 Å². The van der Waals surface area contributed by atoms with Gasteiger partial charge in [-0.15, -0.1) is 0 Å². The van der Waals surface area contributed by atoms with Crippen LogP contribution in [0, 0.1) is 11.3 Å². The second-order valence-electron chi connectivity index (χ2n) is 8.09. The Morgan fingerprint density at radius 1 is 1.27 bits per heavy atom. The fraction of sp³-hybridized carbons (Fsp3) is 0.320. The van der Waals surface area contributed by atoms with Crippen LogP contribution in [-0.4, -0.2) is 50.7 Å².